The van der Waals surface area contributed by atoms with Gasteiger partial charge in [0.05, 0.1) is 15.8 Å². The maximum absolute atomic E-state index is 6.04. The van der Waals surface area contributed by atoms with Crippen molar-refractivity contribution in [3.05, 3.63) is 69.7 Å². The largest absolute Gasteiger partial charge is 0.390 e. The van der Waals surface area contributed by atoms with Crippen LogP contribution >= 0.6 is 23.2 Å². The van der Waals surface area contributed by atoms with Crippen molar-refractivity contribution in [1.29, 1.82) is 0 Å². The molecule has 114 valence electrons. The Bertz CT molecular complexity index is 674. The minimum Gasteiger partial charge on any atom is -0.390 e. The molecule has 0 saturated heterocycles. The Hall–Kier alpha value is -1.55. The molecule has 5 heteroatoms. The van der Waals surface area contributed by atoms with E-state index in [4.69, 9.17) is 28.0 Å². The highest BCUT2D eigenvalue weighted by molar-refractivity contribution is 6.42. The SMILES string of the molecule is Clc1ccc(C2=NO[C@@H](CNCc3ccccc3)C2)cc1Cl. The van der Waals surface area contributed by atoms with Crippen molar-refractivity contribution in [2.45, 2.75) is 19.1 Å². The van der Waals surface area contributed by atoms with E-state index in [0.717, 1.165) is 30.8 Å². The van der Waals surface area contributed by atoms with Gasteiger partial charge in [-0.2, -0.15) is 0 Å². The van der Waals surface area contributed by atoms with Crippen LogP contribution in [0.1, 0.15) is 17.5 Å². The average molecular weight is 335 g/mol. The molecule has 1 aliphatic rings. The summed E-state index contributed by atoms with van der Waals surface area (Å²) >= 11 is 12.0. The van der Waals surface area contributed by atoms with Gasteiger partial charge in [-0.25, -0.2) is 0 Å². The Morgan fingerprint density at radius 1 is 1.09 bits per heavy atom. The van der Waals surface area contributed by atoms with Gasteiger partial charge in [-0.1, -0.05) is 64.8 Å². The molecular formula is C17H16Cl2N2O. The van der Waals surface area contributed by atoms with Crippen molar-refractivity contribution in [3.8, 4) is 0 Å². The molecule has 1 heterocycles. The van der Waals surface area contributed by atoms with Crippen LogP contribution in [0.3, 0.4) is 0 Å². The second-order valence-electron chi connectivity index (χ2n) is 5.21. The molecule has 3 rings (SSSR count). The number of oxime groups is 1. The van der Waals surface area contributed by atoms with E-state index in [1.807, 2.05) is 30.3 Å². The first kappa shape index (κ1) is 15.3. The summed E-state index contributed by atoms with van der Waals surface area (Å²) in [4.78, 5) is 5.48. The van der Waals surface area contributed by atoms with Crippen LogP contribution in [0.5, 0.6) is 0 Å². The van der Waals surface area contributed by atoms with Gasteiger partial charge in [0.25, 0.3) is 0 Å². The van der Waals surface area contributed by atoms with Crippen molar-refractivity contribution < 1.29 is 4.84 Å². The normalized spacial score (nSPS) is 17.2. The summed E-state index contributed by atoms with van der Waals surface area (Å²) in [5.41, 5.74) is 3.12. The molecule has 2 aromatic rings. The molecule has 1 aliphatic heterocycles. The topological polar surface area (TPSA) is 33.6 Å². The fourth-order valence-electron chi connectivity index (χ4n) is 2.36. The zero-order chi connectivity index (χ0) is 15.4. The number of nitrogens with zero attached hydrogens (tertiary/aromatic N) is 1. The Kier molecular flexibility index (Phi) is 4.98. The molecule has 0 aliphatic carbocycles. The molecule has 0 aromatic heterocycles. The molecule has 1 N–H and O–H groups in total. The second kappa shape index (κ2) is 7.14. The van der Waals surface area contributed by atoms with Crippen LogP contribution in [-0.2, 0) is 11.4 Å². The highest BCUT2D eigenvalue weighted by Gasteiger charge is 2.22. The summed E-state index contributed by atoms with van der Waals surface area (Å²) in [5, 5.41) is 8.63. The molecule has 0 radical (unpaired) electrons. The van der Waals surface area contributed by atoms with Crippen LogP contribution in [-0.4, -0.2) is 18.4 Å². The molecule has 0 amide bonds. The number of halogens is 2. The highest BCUT2D eigenvalue weighted by atomic mass is 35.5. The lowest BCUT2D eigenvalue weighted by Gasteiger charge is -2.09. The third-order valence-electron chi connectivity index (χ3n) is 3.53. The molecule has 0 fully saturated rings. The van der Waals surface area contributed by atoms with Gasteiger partial charge in [0.1, 0.15) is 6.10 Å². The lowest BCUT2D eigenvalue weighted by molar-refractivity contribution is 0.0848. The number of nitrogens with one attached hydrogen (secondary N) is 1. The minimum absolute atomic E-state index is 0.0492. The van der Waals surface area contributed by atoms with Crippen LogP contribution in [0.15, 0.2) is 53.7 Å². The molecule has 0 unspecified atom stereocenters. The van der Waals surface area contributed by atoms with Gasteiger partial charge >= 0.3 is 0 Å². The van der Waals surface area contributed by atoms with Crippen LogP contribution in [0.4, 0.5) is 0 Å². The maximum Gasteiger partial charge on any atom is 0.145 e. The van der Waals surface area contributed by atoms with Gasteiger partial charge in [-0.05, 0) is 17.7 Å². The molecule has 2 aromatic carbocycles. The number of hydrogen-bond acceptors (Lipinski definition) is 3. The minimum atomic E-state index is 0.0492. The Labute approximate surface area is 139 Å². The highest BCUT2D eigenvalue weighted by Crippen LogP contribution is 2.25. The maximum atomic E-state index is 6.04. The molecule has 0 bridgehead atoms. The lowest BCUT2D eigenvalue weighted by Crippen LogP contribution is -2.26. The Balaban J connectivity index is 1.50. The third kappa shape index (κ3) is 3.80. The smallest absolute Gasteiger partial charge is 0.145 e. The van der Waals surface area contributed by atoms with Gasteiger partial charge in [0, 0.05) is 25.1 Å². The number of rotatable bonds is 5. The van der Waals surface area contributed by atoms with Gasteiger partial charge in [-0.3, -0.25) is 0 Å². The standard InChI is InChI=1S/C17H16Cl2N2O/c18-15-7-6-13(8-16(15)19)17-9-14(22-21-17)11-20-10-12-4-2-1-3-5-12/h1-8,14,20H,9-11H2/t14-/m1/s1. The van der Waals surface area contributed by atoms with E-state index < -0.39 is 0 Å². The van der Waals surface area contributed by atoms with Crippen molar-refractivity contribution in [3.63, 3.8) is 0 Å². The molecular weight excluding hydrogens is 319 g/mol. The van der Waals surface area contributed by atoms with Crippen LogP contribution < -0.4 is 5.32 Å². The van der Waals surface area contributed by atoms with Crippen LogP contribution in [0, 0.1) is 0 Å². The second-order valence-corrected chi connectivity index (χ2v) is 6.03. The van der Waals surface area contributed by atoms with Crippen molar-refractivity contribution in [2.75, 3.05) is 6.54 Å². The molecule has 0 spiro atoms. The first-order chi connectivity index (χ1) is 10.7. The number of hydrogen-bond donors (Lipinski definition) is 1. The van der Waals surface area contributed by atoms with E-state index in [9.17, 15) is 0 Å². The predicted octanol–water partition coefficient (Wildman–Crippen LogP) is 4.28. The zero-order valence-corrected chi connectivity index (χ0v) is 13.4. The fourth-order valence-corrected chi connectivity index (χ4v) is 2.66. The quantitative estimate of drug-likeness (QED) is 0.885. The van der Waals surface area contributed by atoms with Crippen molar-refractivity contribution in [2.24, 2.45) is 5.16 Å². The van der Waals surface area contributed by atoms with Crippen molar-refractivity contribution in [1.82, 2.24) is 5.32 Å². The molecule has 22 heavy (non-hydrogen) atoms. The molecule has 1 atom stereocenters. The monoisotopic (exact) mass is 334 g/mol. The molecule has 3 nitrogen and oxygen atoms in total. The Morgan fingerprint density at radius 2 is 1.91 bits per heavy atom. The van der Waals surface area contributed by atoms with E-state index >= 15 is 0 Å². The fraction of sp³-hybridized carbons (Fsp3) is 0.235. The van der Waals surface area contributed by atoms with E-state index in [0.29, 0.717) is 10.0 Å². The Morgan fingerprint density at radius 3 is 2.68 bits per heavy atom. The van der Waals surface area contributed by atoms with E-state index in [1.165, 1.54) is 5.56 Å². The van der Waals surface area contributed by atoms with Gasteiger partial charge in [-0.15, -0.1) is 0 Å². The van der Waals surface area contributed by atoms with Gasteiger partial charge < -0.3 is 10.2 Å². The summed E-state index contributed by atoms with van der Waals surface area (Å²) in [6.45, 7) is 1.58. The molecule has 0 saturated carbocycles. The van der Waals surface area contributed by atoms with Crippen molar-refractivity contribution >= 4 is 28.9 Å². The van der Waals surface area contributed by atoms with Gasteiger partial charge in [0.2, 0.25) is 0 Å². The number of benzene rings is 2. The summed E-state index contributed by atoms with van der Waals surface area (Å²) < 4.78 is 0. The van der Waals surface area contributed by atoms with E-state index in [2.05, 4.69) is 22.6 Å². The summed E-state index contributed by atoms with van der Waals surface area (Å²) in [7, 11) is 0. The van der Waals surface area contributed by atoms with Crippen LogP contribution in [0.2, 0.25) is 10.0 Å². The average Bonchev–Trinajstić information content (AvgIpc) is 3.00. The third-order valence-corrected chi connectivity index (χ3v) is 4.27. The summed E-state index contributed by atoms with van der Waals surface area (Å²) in [6.07, 6.45) is 0.813. The summed E-state index contributed by atoms with van der Waals surface area (Å²) in [6, 6.07) is 15.8. The predicted molar refractivity (Wildman–Crippen MR) is 90.6 cm³/mol. The van der Waals surface area contributed by atoms with E-state index in [1.54, 1.807) is 6.07 Å². The first-order valence-electron chi connectivity index (χ1n) is 7.15. The van der Waals surface area contributed by atoms with Gasteiger partial charge in [0.15, 0.2) is 0 Å². The summed E-state index contributed by atoms with van der Waals surface area (Å²) in [5.74, 6) is 0. The first-order valence-corrected chi connectivity index (χ1v) is 7.91. The van der Waals surface area contributed by atoms with E-state index in [-0.39, 0.29) is 6.10 Å². The van der Waals surface area contributed by atoms with Crippen LogP contribution in [0.25, 0.3) is 0 Å². The zero-order valence-electron chi connectivity index (χ0n) is 11.9. The lowest BCUT2D eigenvalue weighted by atomic mass is 10.1.